The largest absolute Gasteiger partial charge is 0.317 e. The summed E-state index contributed by atoms with van der Waals surface area (Å²) in [5, 5.41) is 3.72. The molecule has 0 spiro atoms. The molecular formula is C13H19ClN2O2S. The van der Waals surface area contributed by atoms with Gasteiger partial charge in [-0.3, -0.25) is 0 Å². The molecule has 19 heavy (non-hydrogen) atoms. The first-order valence-electron chi connectivity index (χ1n) is 6.38. The van der Waals surface area contributed by atoms with Crippen LogP contribution in [0.1, 0.15) is 18.4 Å². The Kier molecular flexibility index (Phi) is 4.50. The van der Waals surface area contributed by atoms with E-state index in [4.69, 9.17) is 11.6 Å². The van der Waals surface area contributed by atoms with Gasteiger partial charge in [0.05, 0.1) is 4.90 Å². The maximum atomic E-state index is 12.5. The van der Waals surface area contributed by atoms with Crippen LogP contribution in [0.2, 0.25) is 5.02 Å². The minimum absolute atomic E-state index is 0.0614. The van der Waals surface area contributed by atoms with Gasteiger partial charge in [0.25, 0.3) is 0 Å². The van der Waals surface area contributed by atoms with Crippen LogP contribution in [0.15, 0.2) is 23.1 Å². The summed E-state index contributed by atoms with van der Waals surface area (Å²) in [6.45, 7) is 3.58. The van der Waals surface area contributed by atoms with Gasteiger partial charge in [0.15, 0.2) is 0 Å². The smallest absolute Gasteiger partial charge is 0.243 e. The molecule has 0 bridgehead atoms. The maximum Gasteiger partial charge on any atom is 0.243 e. The van der Waals surface area contributed by atoms with Crippen molar-refractivity contribution in [2.75, 3.05) is 20.1 Å². The van der Waals surface area contributed by atoms with Gasteiger partial charge in [-0.1, -0.05) is 17.7 Å². The molecule has 0 amide bonds. The second-order valence-electron chi connectivity index (χ2n) is 4.91. The fourth-order valence-corrected chi connectivity index (χ4v) is 3.95. The molecule has 0 aliphatic carbocycles. The van der Waals surface area contributed by atoms with E-state index in [9.17, 15) is 8.42 Å². The molecule has 1 saturated heterocycles. The fourth-order valence-electron chi connectivity index (χ4n) is 2.27. The highest BCUT2D eigenvalue weighted by atomic mass is 35.5. The second-order valence-corrected chi connectivity index (χ2v) is 7.32. The lowest BCUT2D eigenvalue weighted by molar-refractivity contribution is 0.296. The van der Waals surface area contributed by atoms with Crippen LogP contribution in [0.3, 0.4) is 0 Å². The van der Waals surface area contributed by atoms with Gasteiger partial charge in [-0.05, 0) is 50.6 Å². The molecule has 0 radical (unpaired) electrons. The van der Waals surface area contributed by atoms with Crippen LogP contribution in [0.4, 0.5) is 0 Å². The summed E-state index contributed by atoms with van der Waals surface area (Å²) >= 11 is 6.02. The number of benzene rings is 1. The molecule has 1 heterocycles. The molecular weight excluding hydrogens is 284 g/mol. The Morgan fingerprint density at radius 3 is 2.53 bits per heavy atom. The van der Waals surface area contributed by atoms with Crippen LogP contribution in [0.25, 0.3) is 0 Å². The van der Waals surface area contributed by atoms with Gasteiger partial charge in [-0.25, -0.2) is 8.42 Å². The first kappa shape index (κ1) is 14.8. The fraction of sp³-hybridized carbons (Fsp3) is 0.538. The number of aryl methyl sites for hydroxylation is 1. The zero-order chi connectivity index (χ0) is 14.0. The second kappa shape index (κ2) is 5.79. The topological polar surface area (TPSA) is 49.4 Å². The van der Waals surface area contributed by atoms with E-state index in [-0.39, 0.29) is 10.9 Å². The standard InChI is InChI=1S/C13H19ClN2O2S/c1-10-3-4-12(9-13(10)14)19(17,18)16(2)11-5-7-15-8-6-11/h3-4,9,11,15H,5-8H2,1-2H3. The number of nitrogens with one attached hydrogen (secondary N) is 1. The summed E-state index contributed by atoms with van der Waals surface area (Å²) in [6, 6.07) is 4.95. The number of rotatable bonds is 3. The highest BCUT2D eigenvalue weighted by Gasteiger charge is 2.29. The number of hydrogen-bond donors (Lipinski definition) is 1. The average molecular weight is 303 g/mol. The molecule has 1 fully saturated rings. The van der Waals surface area contributed by atoms with Crippen LogP contribution in [0, 0.1) is 6.92 Å². The van der Waals surface area contributed by atoms with Crippen LogP contribution in [0.5, 0.6) is 0 Å². The van der Waals surface area contributed by atoms with Crippen molar-refractivity contribution in [3.05, 3.63) is 28.8 Å². The minimum atomic E-state index is -3.46. The molecule has 1 aromatic carbocycles. The zero-order valence-corrected chi connectivity index (χ0v) is 12.8. The number of sulfonamides is 1. The molecule has 0 atom stereocenters. The molecule has 1 aliphatic heterocycles. The summed E-state index contributed by atoms with van der Waals surface area (Å²) in [7, 11) is -1.80. The quantitative estimate of drug-likeness (QED) is 0.929. The molecule has 1 aliphatic rings. The molecule has 2 rings (SSSR count). The maximum absolute atomic E-state index is 12.5. The zero-order valence-electron chi connectivity index (χ0n) is 11.2. The van der Waals surface area contributed by atoms with Gasteiger partial charge < -0.3 is 5.32 Å². The molecule has 4 nitrogen and oxygen atoms in total. The Morgan fingerprint density at radius 2 is 1.95 bits per heavy atom. The van der Waals surface area contributed by atoms with Gasteiger partial charge in [0, 0.05) is 18.1 Å². The van der Waals surface area contributed by atoms with Crippen LogP contribution in [-0.4, -0.2) is 38.9 Å². The van der Waals surface area contributed by atoms with Crippen LogP contribution < -0.4 is 5.32 Å². The predicted molar refractivity (Wildman–Crippen MR) is 77.0 cm³/mol. The van der Waals surface area contributed by atoms with Crippen molar-refractivity contribution in [3.8, 4) is 0 Å². The van der Waals surface area contributed by atoms with Gasteiger partial charge in [0.1, 0.15) is 0 Å². The molecule has 1 aromatic rings. The first-order valence-corrected chi connectivity index (χ1v) is 8.19. The Hall–Kier alpha value is -0.620. The van der Waals surface area contributed by atoms with Gasteiger partial charge >= 0.3 is 0 Å². The Balaban J connectivity index is 2.27. The number of hydrogen-bond acceptors (Lipinski definition) is 3. The molecule has 0 unspecified atom stereocenters. The average Bonchev–Trinajstić information content (AvgIpc) is 2.41. The van der Waals surface area contributed by atoms with Crippen LogP contribution in [-0.2, 0) is 10.0 Å². The minimum Gasteiger partial charge on any atom is -0.317 e. The van der Waals surface area contributed by atoms with Crippen molar-refractivity contribution >= 4 is 21.6 Å². The number of halogens is 1. The van der Waals surface area contributed by atoms with E-state index in [1.165, 1.54) is 10.4 Å². The number of piperidine rings is 1. The van der Waals surface area contributed by atoms with Crippen molar-refractivity contribution in [1.82, 2.24) is 9.62 Å². The molecule has 0 saturated carbocycles. The summed E-state index contributed by atoms with van der Waals surface area (Å²) in [5.41, 5.74) is 0.880. The third kappa shape index (κ3) is 3.11. The highest BCUT2D eigenvalue weighted by molar-refractivity contribution is 7.89. The van der Waals surface area contributed by atoms with E-state index >= 15 is 0 Å². The normalized spacial score (nSPS) is 17.9. The van der Waals surface area contributed by atoms with Crippen molar-refractivity contribution in [3.63, 3.8) is 0 Å². The third-order valence-electron chi connectivity index (χ3n) is 3.64. The summed E-state index contributed by atoms with van der Waals surface area (Å²) in [6.07, 6.45) is 1.69. The monoisotopic (exact) mass is 302 g/mol. The summed E-state index contributed by atoms with van der Waals surface area (Å²) < 4.78 is 26.6. The van der Waals surface area contributed by atoms with E-state index in [0.29, 0.717) is 5.02 Å². The van der Waals surface area contributed by atoms with Gasteiger partial charge in [-0.2, -0.15) is 4.31 Å². The van der Waals surface area contributed by atoms with Gasteiger partial charge in [-0.15, -0.1) is 0 Å². The first-order chi connectivity index (χ1) is 8.93. The van der Waals surface area contributed by atoms with Gasteiger partial charge in [0.2, 0.25) is 10.0 Å². The van der Waals surface area contributed by atoms with E-state index in [1.807, 2.05) is 6.92 Å². The van der Waals surface area contributed by atoms with E-state index < -0.39 is 10.0 Å². The Bertz CT molecular complexity index is 554. The molecule has 6 heteroatoms. The Morgan fingerprint density at radius 1 is 1.32 bits per heavy atom. The van der Waals surface area contributed by atoms with E-state index in [1.54, 1.807) is 19.2 Å². The van der Waals surface area contributed by atoms with Crippen molar-refractivity contribution in [1.29, 1.82) is 0 Å². The third-order valence-corrected chi connectivity index (χ3v) is 5.96. The molecule has 0 aromatic heterocycles. The lowest BCUT2D eigenvalue weighted by Gasteiger charge is -2.30. The van der Waals surface area contributed by atoms with Crippen molar-refractivity contribution in [2.45, 2.75) is 30.7 Å². The van der Waals surface area contributed by atoms with E-state index in [2.05, 4.69) is 5.32 Å². The Labute approximate surface area is 119 Å². The number of nitrogens with zero attached hydrogens (tertiary/aromatic N) is 1. The lowest BCUT2D eigenvalue weighted by Crippen LogP contribution is -2.43. The van der Waals surface area contributed by atoms with Crippen molar-refractivity contribution in [2.24, 2.45) is 0 Å². The summed E-state index contributed by atoms with van der Waals surface area (Å²) in [4.78, 5) is 0.268. The summed E-state index contributed by atoms with van der Waals surface area (Å²) in [5.74, 6) is 0. The molecule has 1 N–H and O–H groups in total. The van der Waals surface area contributed by atoms with Crippen molar-refractivity contribution < 1.29 is 8.42 Å². The molecule has 106 valence electrons. The predicted octanol–water partition coefficient (Wildman–Crippen LogP) is 2.02. The van der Waals surface area contributed by atoms with E-state index in [0.717, 1.165) is 31.5 Å². The SMILES string of the molecule is Cc1ccc(S(=O)(=O)N(C)C2CCNCC2)cc1Cl. The highest BCUT2D eigenvalue weighted by Crippen LogP contribution is 2.24. The van der Waals surface area contributed by atoms with Crippen LogP contribution >= 0.6 is 11.6 Å². The lowest BCUT2D eigenvalue weighted by atomic mass is 10.1.